The lowest BCUT2D eigenvalue weighted by molar-refractivity contribution is 0.0519. The number of piperidine rings is 1. The molecule has 24 heavy (non-hydrogen) atoms. The summed E-state index contributed by atoms with van der Waals surface area (Å²) in [7, 11) is 2.00. The maximum absolute atomic E-state index is 11.7. The molecule has 6 nitrogen and oxygen atoms in total. The Morgan fingerprint density at radius 1 is 1.38 bits per heavy atom. The molecule has 0 bridgehead atoms. The molecule has 1 saturated heterocycles. The number of likely N-dealkylation sites (tertiary alicyclic amines) is 1. The van der Waals surface area contributed by atoms with Crippen molar-refractivity contribution in [2.45, 2.75) is 45.7 Å². The van der Waals surface area contributed by atoms with Crippen LogP contribution in [0.15, 0.2) is 24.5 Å². The molecular weight excluding hydrogens is 304 g/mol. The van der Waals surface area contributed by atoms with Crippen LogP contribution in [0.3, 0.4) is 0 Å². The standard InChI is InChI=1S/C18H26N4O2/c1-18(2,3)15-13(6-5-10-22(15)17(23)24)20-16-14-12(7-9-19-16)8-11-21(14)4/h7-9,11,13,15H,5-6,10H2,1-4H3,(H,19,20)(H,23,24)/t13-,15?/m1/s1. The van der Waals surface area contributed by atoms with Crippen LogP contribution in [0.2, 0.25) is 0 Å². The second-order valence-corrected chi connectivity index (χ2v) is 7.70. The first kappa shape index (κ1) is 16.6. The minimum Gasteiger partial charge on any atom is -0.465 e. The molecule has 3 heterocycles. The minimum absolute atomic E-state index is 0.0443. The first-order valence-electron chi connectivity index (χ1n) is 8.45. The van der Waals surface area contributed by atoms with Gasteiger partial charge in [0, 0.05) is 37.4 Å². The van der Waals surface area contributed by atoms with Gasteiger partial charge >= 0.3 is 6.09 Å². The van der Waals surface area contributed by atoms with Crippen LogP contribution in [0.4, 0.5) is 10.6 Å². The van der Waals surface area contributed by atoms with Crippen molar-refractivity contribution in [1.29, 1.82) is 0 Å². The van der Waals surface area contributed by atoms with E-state index in [4.69, 9.17) is 0 Å². The summed E-state index contributed by atoms with van der Waals surface area (Å²) in [5.74, 6) is 0.825. The van der Waals surface area contributed by atoms with Gasteiger partial charge in [-0.2, -0.15) is 0 Å². The summed E-state index contributed by atoms with van der Waals surface area (Å²) in [6.07, 6.45) is 4.78. The number of anilines is 1. The van der Waals surface area contributed by atoms with Crippen LogP contribution in [-0.2, 0) is 7.05 Å². The van der Waals surface area contributed by atoms with Gasteiger partial charge in [0.25, 0.3) is 0 Å². The van der Waals surface area contributed by atoms with Crippen molar-refractivity contribution in [3.8, 4) is 0 Å². The highest BCUT2D eigenvalue weighted by molar-refractivity contribution is 5.89. The van der Waals surface area contributed by atoms with Gasteiger partial charge in [0.15, 0.2) is 5.82 Å². The number of hydrogen-bond donors (Lipinski definition) is 2. The number of pyridine rings is 1. The van der Waals surface area contributed by atoms with E-state index in [2.05, 4.69) is 41.7 Å². The Labute approximate surface area is 142 Å². The average molecular weight is 330 g/mol. The number of rotatable bonds is 2. The molecule has 3 rings (SSSR count). The third-order valence-electron chi connectivity index (χ3n) is 4.87. The van der Waals surface area contributed by atoms with E-state index in [1.807, 2.05) is 19.3 Å². The summed E-state index contributed by atoms with van der Waals surface area (Å²) in [6, 6.07) is 4.00. The van der Waals surface area contributed by atoms with Gasteiger partial charge in [-0.1, -0.05) is 20.8 Å². The first-order chi connectivity index (χ1) is 11.3. The smallest absolute Gasteiger partial charge is 0.407 e. The van der Waals surface area contributed by atoms with E-state index in [-0.39, 0.29) is 17.5 Å². The number of carbonyl (C=O) groups is 1. The van der Waals surface area contributed by atoms with E-state index >= 15 is 0 Å². The van der Waals surface area contributed by atoms with Crippen LogP contribution in [0, 0.1) is 5.41 Å². The summed E-state index contributed by atoms with van der Waals surface area (Å²) in [4.78, 5) is 17.8. The van der Waals surface area contributed by atoms with Gasteiger partial charge in [0.05, 0.1) is 11.6 Å². The number of nitrogens with one attached hydrogen (secondary N) is 1. The van der Waals surface area contributed by atoms with Gasteiger partial charge in [-0.25, -0.2) is 9.78 Å². The predicted molar refractivity (Wildman–Crippen MR) is 95.3 cm³/mol. The van der Waals surface area contributed by atoms with E-state index in [1.165, 1.54) is 0 Å². The van der Waals surface area contributed by atoms with Crippen molar-refractivity contribution in [2.75, 3.05) is 11.9 Å². The van der Waals surface area contributed by atoms with Crippen molar-refractivity contribution in [3.63, 3.8) is 0 Å². The number of aromatic nitrogens is 2. The Hall–Kier alpha value is -2.24. The summed E-state index contributed by atoms with van der Waals surface area (Å²) >= 11 is 0. The molecule has 0 aromatic carbocycles. The first-order valence-corrected chi connectivity index (χ1v) is 8.45. The SMILES string of the molecule is Cn1ccc2ccnc(N[C@@H]3CCCN(C(=O)O)C3C(C)(C)C)c21. The van der Waals surface area contributed by atoms with E-state index in [0.29, 0.717) is 6.54 Å². The van der Waals surface area contributed by atoms with E-state index in [9.17, 15) is 9.90 Å². The Morgan fingerprint density at radius 3 is 2.79 bits per heavy atom. The second kappa shape index (κ2) is 6.00. The quantitative estimate of drug-likeness (QED) is 0.883. The third kappa shape index (κ3) is 2.92. The van der Waals surface area contributed by atoms with Crippen molar-refractivity contribution in [2.24, 2.45) is 12.5 Å². The second-order valence-electron chi connectivity index (χ2n) is 7.70. The molecule has 1 amide bonds. The lowest BCUT2D eigenvalue weighted by atomic mass is 9.77. The average Bonchev–Trinajstić information content (AvgIpc) is 2.88. The fourth-order valence-electron chi connectivity index (χ4n) is 3.95. The lowest BCUT2D eigenvalue weighted by Crippen LogP contribution is -2.58. The predicted octanol–water partition coefficient (Wildman–Crippen LogP) is 3.54. The Balaban J connectivity index is 1.97. The fraction of sp³-hybridized carbons (Fsp3) is 0.556. The van der Waals surface area contributed by atoms with Gasteiger partial charge in [0.1, 0.15) is 0 Å². The molecule has 0 aliphatic carbocycles. The molecule has 1 fully saturated rings. The molecule has 130 valence electrons. The highest BCUT2D eigenvalue weighted by atomic mass is 16.4. The van der Waals surface area contributed by atoms with E-state index < -0.39 is 6.09 Å². The number of amides is 1. The molecule has 0 radical (unpaired) electrons. The van der Waals surface area contributed by atoms with Crippen molar-refractivity contribution < 1.29 is 9.90 Å². The zero-order valence-corrected chi connectivity index (χ0v) is 14.8. The molecule has 2 aromatic heterocycles. The molecular formula is C18H26N4O2. The number of aryl methyl sites for hydroxylation is 1. The number of carboxylic acid groups (broad SMARTS) is 1. The molecule has 1 aliphatic rings. The van der Waals surface area contributed by atoms with Crippen LogP contribution in [0.5, 0.6) is 0 Å². The monoisotopic (exact) mass is 330 g/mol. The van der Waals surface area contributed by atoms with E-state index in [0.717, 1.165) is 29.6 Å². The van der Waals surface area contributed by atoms with Gasteiger partial charge < -0.3 is 19.9 Å². The zero-order chi connectivity index (χ0) is 17.5. The number of nitrogens with zero attached hydrogens (tertiary/aromatic N) is 3. The summed E-state index contributed by atoms with van der Waals surface area (Å²) in [5, 5.41) is 14.3. The van der Waals surface area contributed by atoms with Crippen LogP contribution in [0.1, 0.15) is 33.6 Å². The summed E-state index contributed by atoms with van der Waals surface area (Å²) < 4.78 is 2.05. The van der Waals surface area contributed by atoms with Crippen LogP contribution in [-0.4, -0.2) is 44.3 Å². The van der Waals surface area contributed by atoms with Crippen LogP contribution in [0.25, 0.3) is 10.9 Å². The molecule has 2 atom stereocenters. The van der Waals surface area contributed by atoms with Crippen molar-refractivity contribution in [3.05, 3.63) is 24.5 Å². The zero-order valence-electron chi connectivity index (χ0n) is 14.8. The normalized spacial score (nSPS) is 21.9. The molecule has 1 aliphatic heterocycles. The van der Waals surface area contributed by atoms with Crippen molar-refractivity contribution in [1.82, 2.24) is 14.5 Å². The van der Waals surface area contributed by atoms with Gasteiger partial charge in [-0.3, -0.25) is 0 Å². The van der Waals surface area contributed by atoms with Crippen LogP contribution >= 0.6 is 0 Å². The summed E-state index contributed by atoms with van der Waals surface area (Å²) in [5.41, 5.74) is 0.899. The Kier molecular flexibility index (Phi) is 4.15. The Morgan fingerprint density at radius 2 is 2.12 bits per heavy atom. The highest BCUT2D eigenvalue weighted by Crippen LogP contribution is 2.34. The van der Waals surface area contributed by atoms with Gasteiger partial charge in [0.2, 0.25) is 0 Å². The Bertz CT molecular complexity index is 747. The third-order valence-corrected chi connectivity index (χ3v) is 4.87. The summed E-state index contributed by atoms with van der Waals surface area (Å²) in [6.45, 7) is 6.90. The largest absolute Gasteiger partial charge is 0.465 e. The molecule has 1 unspecified atom stereocenters. The molecule has 2 aromatic rings. The lowest BCUT2D eigenvalue weighted by Gasteiger charge is -2.47. The molecule has 2 N–H and O–H groups in total. The number of fused-ring (bicyclic) bond motifs is 1. The fourth-order valence-corrected chi connectivity index (χ4v) is 3.95. The topological polar surface area (TPSA) is 70.4 Å². The molecule has 0 saturated carbocycles. The molecule has 6 heteroatoms. The van der Waals surface area contributed by atoms with Crippen LogP contribution < -0.4 is 5.32 Å². The maximum atomic E-state index is 11.7. The highest BCUT2D eigenvalue weighted by Gasteiger charge is 2.42. The van der Waals surface area contributed by atoms with E-state index in [1.54, 1.807) is 11.1 Å². The maximum Gasteiger partial charge on any atom is 0.407 e. The molecule has 0 spiro atoms. The van der Waals surface area contributed by atoms with Gasteiger partial charge in [-0.05, 0) is 30.4 Å². The minimum atomic E-state index is -0.841. The number of hydrogen-bond acceptors (Lipinski definition) is 3. The van der Waals surface area contributed by atoms with Crippen molar-refractivity contribution >= 4 is 22.8 Å². The van der Waals surface area contributed by atoms with Gasteiger partial charge in [-0.15, -0.1) is 0 Å².